The Hall–Kier alpha value is -1.93. The summed E-state index contributed by atoms with van der Waals surface area (Å²) in [5.74, 6) is -0.403. The van der Waals surface area contributed by atoms with Crippen LogP contribution in [-0.4, -0.2) is 13.1 Å². The summed E-state index contributed by atoms with van der Waals surface area (Å²) >= 11 is 7.45. The standard InChI is InChI=1S/C18H15ClO2S/c1-3-12-18(17(20)21-2,14-8-7-9-15(19)13-14)22-16-10-5-4-6-11-16/h4-13H,1H2,2H3. The zero-order valence-electron chi connectivity index (χ0n) is 12.1. The third-order valence-corrected chi connectivity index (χ3v) is 4.65. The summed E-state index contributed by atoms with van der Waals surface area (Å²) in [6.07, 6.45) is 1.61. The average molecular weight is 331 g/mol. The largest absolute Gasteiger partial charge is 0.467 e. The van der Waals surface area contributed by atoms with Crippen molar-refractivity contribution in [3.63, 3.8) is 0 Å². The van der Waals surface area contributed by atoms with Crippen molar-refractivity contribution >= 4 is 29.3 Å². The number of thioether (sulfide) groups is 1. The second-order valence-electron chi connectivity index (χ2n) is 4.50. The lowest BCUT2D eigenvalue weighted by Gasteiger charge is -2.27. The van der Waals surface area contributed by atoms with Crippen molar-refractivity contribution in [2.24, 2.45) is 0 Å². The first-order valence-corrected chi connectivity index (χ1v) is 7.77. The molecule has 0 saturated heterocycles. The predicted molar refractivity (Wildman–Crippen MR) is 91.2 cm³/mol. The van der Waals surface area contributed by atoms with Crippen LogP contribution >= 0.6 is 23.4 Å². The number of halogens is 1. The van der Waals surface area contributed by atoms with Crippen LogP contribution in [0, 0.1) is 0 Å². The first-order chi connectivity index (χ1) is 10.6. The molecule has 0 aliphatic rings. The molecule has 0 aliphatic heterocycles. The maximum absolute atomic E-state index is 12.6. The normalized spacial score (nSPS) is 12.8. The van der Waals surface area contributed by atoms with Gasteiger partial charge in [-0.25, -0.2) is 4.79 Å². The highest BCUT2D eigenvalue weighted by Crippen LogP contribution is 2.44. The van der Waals surface area contributed by atoms with Crippen LogP contribution < -0.4 is 0 Å². The maximum atomic E-state index is 12.6. The van der Waals surface area contributed by atoms with E-state index in [0.717, 1.165) is 10.5 Å². The van der Waals surface area contributed by atoms with Gasteiger partial charge in [0.05, 0.1) is 7.11 Å². The van der Waals surface area contributed by atoms with Crippen molar-refractivity contribution in [1.29, 1.82) is 0 Å². The van der Waals surface area contributed by atoms with Crippen LogP contribution in [0.15, 0.2) is 77.9 Å². The molecule has 2 aromatic carbocycles. The quantitative estimate of drug-likeness (QED) is 0.445. The minimum atomic E-state index is -1.08. The van der Waals surface area contributed by atoms with E-state index in [-0.39, 0.29) is 0 Å². The van der Waals surface area contributed by atoms with Gasteiger partial charge in [-0.05, 0) is 35.9 Å². The highest BCUT2D eigenvalue weighted by molar-refractivity contribution is 8.01. The molecule has 0 aliphatic carbocycles. The molecule has 0 bridgehead atoms. The van der Waals surface area contributed by atoms with Crippen molar-refractivity contribution in [1.82, 2.24) is 0 Å². The van der Waals surface area contributed by atoms with Gasteiger partial charge in [0.15, 0.2) is 4.75 Å². The highest BCUT2D eigenvalue weighted by atomic mass is 35.5. The number of rotatable bonds is 5. The van der Waals surface area contributed by atoms with Gasteiger partial charge in [0.2, 0.25) is 0 Å². The SMILES string of the molecule is C=C=CC(Sc1ccccc1)(C(=O)OC)c1cccc(Cl)c1. The molecule has 2 nitrogen and oxygen atoms in total. The zero-order valence-corrected chi connectivity index (χ0v) is 13.7. The molecule has 112 valence electrons. The molecule has 0 amide bonds. The Morgan fingerprint density at radius 3 is 2.59 bits per heavy atom. The fourth-order valence-electron chi connectivity index (χ4n) is 2.08. The van der Waals surface area contributed by atoms with Crippen LogP contribution in [0.4, 0.5) is 0 Å². The van der Waals surface area contributed by atoms with Gasteiger partial charge in [-0.2, -0.15) is 0 Å². The molecule has 0 fully saturated rings. The van der Waals surface area contributed by atoms with Gasteiger partial charge in [-0.1, -0.05) is 60.3 Å². The lowest BCUT2D eigenvalue weighted by Crippen LogP contribution is -2.31. The maximum Gasteiger partial charge on any atom is 0.331 e. The molecule has 0 spiro atoms. The molecule has 0 aromatic heterocycles. The summed E-state index contributed by atoms with van der Waals surface area (Å²) in [7, 11) is 1.37. The molecule has 22 heavy (non-hydrogen) atoms. The number of hydrogen-bond acceptors (Lipinski definition) is 3. The summed E-state index contributed by atoms with van der Waals surface area (Å²) in [4.78, 5) is 13.5. The first kappa shape index (κ1) is 16.4. The number of hydrogen-bond donors (Lipinski definition) is 0. The monoisotopic (exact) mass is 330 g/mol. The summed E-state index contributed by atoms with van der Waals surface area (Å²) < 4.78 is 3.95. The fourth-order valence-corrected chi connectivity index (χ4v) is 3.49. The number of benzene rings is 2. The van der Waals surface area contributed by atoms with Gasteiger partial charge >= 0.3 is 5.97 Å². The fraction of sp³-hybridized carbons (Fsp3) is 0.111. The molecule has 2 aromatic rings. The smallest absolute Gasteiger partial charge is 0.331 e. The van der Waals surface area contributed by atoms with Crippen LogP contribution in [0.5, 0.6) is 0 Å². The first-order valence-electron chi connectivity index (χ1n) is 6.58. The van der Waals surface area contributed by atoms with Gasteiger partial charge in [0.1, 0.15) is 0 Å². The van der Waals surface area contributed by atoms with Crippen LogP contribution in [0.3, 0.4) is 0 Å². The van der Waals surface area contributed by atoms with Gasteiger partial charge in [-0.3, -0.25) is 0 Å². The molecule has 0 saturated carbocycles. The van der Waals surface area contributed by atoms with Crippen LogP contribution in [0.25, 0.3) is 0 Å². The van der Waals surface area contributed by atoms with E-state index in [9.17, 15) is 4.79 Å². The number of ether oxygens (including phenoxy) is 1. The molecule has 0 radical (unpaired) electrons. The molecule has 1 atom stereocenters. The van der Waals surface area contributed by atoms with Gasteiger partial charge in [0.25, 0.3) is 0 Å². The van der Waals surface area contributed by atoms with Crippen molar-refractivity contribution in [2.75, 3.05) is 7.11 Å². The minimum Gasteiger partial charge on any atom is -0.467 e. The lowest BCUT2D eigenvalue weighted by molar-refractivity contribution is -0.142. The summed E-state index contributed by atoms with van der Waals surface area (Å²) in [5.41, 5.74) is 3.44. The third-order valence-electron chi connectivity index (χ3n) is 3.07. The Kier molecular flexibility index (Phi) is 5.51. The third kappa shape index (κ3) is 3.45. The number of esters is 1. The van der Waals surface area contributed by atoms with E-state index in [1.807, 2.05) is 36.4 Å². The van der Waals surface area contributed by atoms with Crippen LogP contribution in [-0.2, 0) is 14.3 Å². The number of carbonyl (C=O) groups excluding carboxylic acids is 1. The molecular formula is C18H15ClO2S. The van der Waals surface area contributed by atoms with E-state index < -0.39 is 10.7 Å². The van der Waals surface area contributed by atoms with E-state index in [4.69, 9.17) is 16.3 Å². The topological polar surface area (TPSA) is 26.3 Å². The Balaban J connectivity index is 2.61. The van der Waals surface area contributed by atoms with E-state index >= 15 is 0 Å². The van der Waals surface area contributed by atoms with E-state index in [2.05, 4.69) is 12.3 Å². The molecule has 1 unspecified atom stereocenters. The highest BCUT2D eigenvalue weighted by Gasteiger charge is 2.40. The summed E-state index contributed by atoms with van der Waals surface area (Å²) in [6, 6.07) is 16.8. The van der Waals surface area contributed by atoms with Crippen molar-refractivity contribution in [2.45, 2.75) is 9.64 Å². The van der Waals surface area contributed by atoms with Crippen molar-refractivity contribution in [3.05, 3.63) is 83.6 Å². The van der Waals surface area contributed by atoms with Gasteiger partial charge in [0, 0.05) is 9.92 Å². The Labute approximate surface area is 139 Å². The van der Waals surface area contributed by atoms with Crippen LogP contribution in [0.1, 0.15) is 5.56 Å². The number of methoxy groups -OCH3 is 1. The Bertz CT molecular complexity index is 708. The molecule has 0 N–H and O–H groups in total. The summed E-state index contributed by atoms with van der Waals surface area (Å²) in [6.45, 7) is 3.62. The Morgan fingerprint density at radius 2 is 2.00 bits per heavy atom. The van der Waals surface area contributed by atoms with E-state index in [0.29, 0.717) is 5.02 Å². The van der Waals surface area contributed by atoms with Crippen molar-refractivity contribution in [3.8, 4) is 0 Å². The van der Waals surface area contributed by atoms with Gasteiger partial charge in [-0.15, -0.1) is 5.73 Å². The Morgan fingerprint density at radius 1 is 1.27 bits per heavy atom. The molecule has 2 rings (SSSR count). The zero-order chi connectivity index (χ0) is 16.0. The molecular weight excluding hydrogens is 316 g/mol. The molecule has 0 heterocycles. The average Bonchev–Trinajstić information content (AvgIpc) is 2.54. The second kappa shape index (κ2) is 7.37. The second-order valence-corrected chi connectivity index (χ2v) is 6.26. The minimum absolute atomic E-state index is 0.403. The van der Waals surface area contributed by atoms with Crippen molar-refractivity contribution < 1.29 is 9.53 Å². The van der Waals surface area contributed by atoms with Crippen LogP contribution in [0.2, 0.25) is 5.02 Å². The van der Waals surface area contributed by atoms with E-state index in [1.165, 1.54) is 18.9 Å². The predicted octanol–water partition coefficient (Wildman–Crippen LogP) is 4.84. The summed E-state index contributed by atoms with van der Waals surface area (Å²) in [5, 5.41) is 0.553. The van der Waals surface area contributed by atoms with Gasteiger partial charge < -0.3 is 4.74 Å². The lowest BCUT2D eigenvalue weighted by atomic mass is 9.98. The number of carbonyl (C=O) groups is 1. The molecule has 4 heteroatoms. The van der Waals surface area contributed by atoms with E-state index in [1.54, 1.807) is 24.3 Å².